The number of hydrogen-bond acceptors (Lipinski definition) is 3. The van der Waals surface area contributed by atoms with E-state index < -0.39 is 0 Å². The Labute approximate surface area is 117 Å². The molecule has 3 heteroatoms. The number of ether oxygens (including phenoxy) is 2. The van der Waals surface area contributed by atoms with Crippen LogP contribution in [-0.4, -0.2) is 24.8 Å². The van der Waals surface area contributed by atoms with E-state index in [-0.39, 0.29) is 5.97 Å². The fourth-order valence-electron chi connectivity index (χ4n) is 2.89. The van der Waals surface area contributed by atoms with Crippen molar-refractivity contribution in [1.82, 2.24) is 0 Å². The van der Waals surface area contributed by atoms with Crippen molar-refractivity contribution in [2.24, 2.45) is 11.8 Å². The summed E-state index contributed by atoms with van der Waals surface area (Å²) < 4.78 is 10.9. The molecule has 0 N–H and O–H groups in total. The number of unbranched alkanes of at least 4 members (excludes halogenated alkanes) is 1. The van der Waals surface area contributed by atoms with E-state index in [0.29, 0.717) is 31.2 Å². The van der Waals surface area contributed by atoms with Crippen LogP contribution < -0.4 is 0 Å². The smallest absolute Gasteiger partial charge is 0.305 e. The number of rotatable bonds is 8. The number of hydrogen-bond donors (Lipinski definition) is 0. The maximum absolute atomic E-state index is 11.6. The monoisotopic (exact) mass is 268 g/mol. The van der Waals surface area contributed by atoms with Gasteiger partial charge in [-0.3, -0.25) is 4.79 Å². The topological polar surface area (TPSA) is 38.8 Å². The predicted molar refractivity (Wildman–Crippen MR) is 74.9 cm³/mol. The molecule has 0 amide bonds. The second-order valence-corrected chi connectivity index (χ2v) is 6.33. The van der Waals surface area contributed by atoms with Crippen LogP contribution in [0.2, 0.25) is 0 Å². The Hall–Kier alpha value is -0.570. The molecule has 19 heavy (non-hydrogen) atoms. The van der Waals surface area contributed by atoms with Gasteiger partial charge in [0.25, 0.3) is 0 Å². The van der Waals surface area contributed by atoms with Gasteiger partial charge < -0.3 is 9.47 Å². The molecule has 4 atom stereocenters. The van der Waals surface area contributed by atoms with Crippen LogP contribution in [0.5, 0.6) is 0 Å². The summed E-state index contributed by atoms with van der Waals surface area (Å²) in [4.78, 5) is 11.6. The molecule has 1 aliphatic carbocycles. The van der Waals surface area contributed by atoms with Gasteiger partial charge in [-0.15, -0.1) is 0 Å². The summed E-state index contributed by atoms with van der Waals surface area (Å²) in [6.07, 6.45) is 9.58. The van der Waals surface area contributed by atoms with Crippen LogP contribution in [-0.2, 0) is 14.3 Å². The highest BCUT2D eigenvalue weighted by Gasteiger charge is 2.43. The van der Waals surface area contributed by atoms with Crippen LogP contribution in [0.4, 0.5) is 0 Å². The van der Waals surface area contributed by atoms with Crippen LogP contribution in [0.3, 0.4) is 0 Å². The van der Waals surface area contributed by atoms with Gasteiger partial charge in [0.15, 0.2) is 0 Å². The van der Waals surface area contributed by atoms with Crippen LogP contribution in [0.25, 0.3) is 0 Å². The molecule has 2 fully saturated rings. The normalized spacial score (nSPS) is 30.5. The molecular formula is C16H28O3. The first kappa shape index (κ1) is 14.8. The predicted octanol–water partition coefficient (Wildman–Crippen LogP) is 3.70. The summed E-state index contributed by atoms with van der Waals surface area (Å²) in [5, 5.41) is 0. The van der Waals surface area contributed by atoms with Gasteiger partial charge >= 0.3 is 5.97 Å². The highest BCUT2D eigenvalue weighted by molar-refractivity contribution is 5.69. The lowest BCUT2D eigenvalue weighted by Crippen LogP contribution is -2.20. The summed E-state index contributed by atoms with van der Waals surface area (Å²) in [5.41, 5.74) is 0. The van der Waals surface area contributed by atoms with Crippen molar-refractivity contribution >= 4 is 5.97 Å². The van der Waals surface area contributed by atoms with Gasteiger partial charge in [-0.25, -0.2) is 0 Å². The Morgan fingerprint density at radius 1 is 1.32 bits per heavy atom. The Kier molecular flexibility index (Phi) is 5.68. The van der Waals surface area contributed by atoms with Gasteiger partial charge in [-0.05, 0) is 37.5 Å². The average molecular weight is 268 g/mol. The SMILES string of the molecule is CCC(C)CCCCC(=O)OCC1CCC2OC2C1. The highest BCUT2D eigenvalue weighted by Crippen LogP contribution is 2.39. The second kappa shape index (κ2) is 7.28. The molecule has 1 saturated carbocycles. The van der Waals surface area contributed by atoms with Gasteiger partial charge in [-0.2, -0.15) is 0 Å². The minimum atomic E-state index is -0.0111. The standard InChI is InChI=1S/C16H28O3/c1-3-12(2)6-4-5-7-16(17)18-11-13-8-9-14-15(10-13)19-14/h12-15H,3-11H2,1-2H3. The first-order chi connectivity index (χ1) is 9.19. The summed E-state index contributed by atoms with van der Waals surface area (Å²) in [6, 6.07) is 0. The molecule has 1 aliphatic heterocycles. The second-order valence-electron chi connectivity index (χ2n) is 6.33. The fourth-order valence-corrected chi connectivity index (χ4v) is 2.89. The largest absolute Gasteiger partial charge is 0.465 e. The van der Waals surface area contributed by atoms with E-state index in [1.54, 1.807) is 0 Å². The number of epoxide rings is 1. The first-order valence-corrected chi connectivity index (χ1v) is 8.00. The summed E-state index contributed by atoms with van der Waals surface area (Å²) >= 11 is 0. The molecule has 0 aromatic carbocycles. The Balaban J connectivity index is 1.47. The van der Waals surface area contributed by atoms with E-state index in [2.05, 4.69) is 13.8 Å². The molecule has 0 radical (unpaired) electrons. The number of carbonyl (C=O) groups is 1. The van der Waals surface area contributed by atoms with Crippen molar-refractivity contribution in [3.8, 4) is 0 Å². The third-order valence-electron chi connectivity index (χ3n) is 4.62. The molecule has 0 aromatic rings. The summed E-state index contributed by atoms with van der Waals surface area (Å²) in [6.45, 7) is 5.10. The molecule has 0 spiro atoms. The van der Waals surface area contributed by atoms with Crippen LogP contribution >= 0.6 is 0 Å². The fraction of sp³-hybridized carbons (Fsp3) is 0.938. The number of esters is 1. The Morgan fingerprint density at radius 2 is 2.16 bits per heavy atom. The van der Waals surface area contributed by atoms with Crippen molar-refractivity contribution < 1.29 is 14.3 Å². The third-order valence-corrected chi connectivity index (χ3v) is 4.62. The van der Waals surface area contributed by atoms with Crippen molar-refractivity contribution in [3.63, 3.8) is 0 Å². The molecule has 2 rings (SSSR count). The van der Waals surface area contributed by atoms with Crippen molar-refractivity contribution in [2.45, 2.75) is 77.4 Å². The van der Waals surface area contributed by atoms with E-state index in [0.717, 1.165) is 38.0 Å². The zero-order chi connectivity index (χ0) is 13.7. The van der Waals surface area contributed by atoms with Crippen molar-refractivity contribution in [1.29, 1.82) is 0 Å². The van der Waals surface area contributed by atoms with E-state index >= 15 is 0 Å². The van der Waals surface area contributed by atoms with Crippen LogP contribution in [0, 0.1) is 11.8 Å². The first-order valence-electron chi connectivity index (χ1n) is 8.00. The third kappa shape index (κ3) is 5.13. The maximum atomic E-state index is 11.6. The van der Waals surface area contributed by atoms with Crippen LogP contribution in [0.15, 0.2) is 0 Å². The lowest BCUT2D eigenvalue weighted by molar-refractivity contribution is -0.145. The Morgan fingerprint density at radius 3 is 2.89 bits per heavy atom. The van der Waals surface area contributed by atoms with Gasteiger partial charge in [0.2, 0.25) is 0 Å². The van der Waals surface area contributed by atoms with E-state index in [1.807, 2.05) is 0 Å². The van der Waals surface area contributed by atoms with Crippen molar-refractivity contribution in [2.75, 3.05) is 6.61 Å². The molecule has 0 bridgehead atoms. The molecule has 2 aliphatic rings. The minimum Gasteiger partial charge on any atom is -0.465 e. The van der Waals surface area contributed by atoms with Gasteiger partial charge in [0.1, 0.15) is 0 Å². The van der Waals surface area contributed by atoms with Gasteiger partial charge in [0, 0.05) is 6.42 Å². The maximum Gasteiger partial charge on any atom is 0.305 e. The van der Waals surface area contributed by atoms with E-state index in [9.17, 15) is 4.79 Å². The lowest BCUT2D eigenvalue weighted by Gasteiger charge is -2.18. The number of fused-ring (bicyclic) bond motifs is 1. The molecule has 3 nitrogen and oxygen atoms in total. The quantitative estimate of drug-likeness (QED) is 0.383. The molecule has 1 heterocycles. The van der Waals surface area contributed by atoms with Crippen molar-refractivity contribution in [3.05, 3.63) is 0 Å². The molecule has 1 saturated heterocycles. The molecule has 0 aromatic heterocycles. The molecule has 110 valence electrons. The molecule has 4 unspecified atom stereocenters. The van der Waals surface area contributed by atoms with Gasteiger partial charge in [0.05, 0.1) is 18.8 Å². The van der Waals surface area contributed by atoms with Crippen LogP contribution in [0.1, 0.15) is 65.2 Å². The molecular weight excluding hydrogens is 240 g/mol. The minimum absolute atomic E-state index is 0.0111. The van der Waals surface area contributed by atoms with Gasteiger partial charge in [-0.1, -0.05) is 33.1 Å². The van der Waals surface area contributed by atoms with E-state index in [4.69, 9.17) is 9.47 Å². The Bertz CT molecular complexity index is 290. The van der Waals surface area contributed by atoms with E-state index in [1.165, 1.54) is 12.8 Å². The lowest BCUT2D eigenvalue weighted by atomic mass is 9.90. The summed E-state index contributed by atoms with van der Waals surface area (Å²) in [7, 11) is 0. The summed E-state index contributed by atoms with van der Waals surface area (Å²) in [5.74, 6) is 1.31. The average Bonchev–Trinajstić information content (AvgIpc) is 3.19. The highest BCUT2D eigenvalue weighted by atomic mass is 16.6. The number of carbonyl (C=O) groups excluding carboxylic acids is 1. The zero-order valence-electron chi connectivity index (χ0n) is 12.4. The zero-order valence-corrected chi connectivity index (χ0v) is 12.4.